The van der Waals surface area contributed by atoms with Gasteiger partial charge in [0.1, 0.15) is 0 Å². The van der Waals surface area contributed by atoms with E-state index in [4.69, 9.17) is 9.47 Å². The SMILES string of the molecule is COc1ccc(CNCC2CCCN(C)C2)cc1OC. The molecule has 1 saturated heterocycles. The Morgan fingerprint density at radius 2 is 2.05 bits per heavy atom. The fourth-order valence-electron chi connectivity index (χ4n) is 2.85. The lowest BCUT2D eigenvalue weighted by atomic mass is 9.98. The van der Waals surface area contributed by atoms with E-state index in [1.54, 1.807) is 14.2 Å². The third-order valence-corrected chi connectivity index (χ3v) is 3.93. The van der Waals surface area contributed by atoms with E-state index in [0.29, 0.717) is 0 Å². The second-order valence-electron chi connectivity index (χ2n) is 5.59. The molecule has 1 aliphatic rings. The van der Waals surface area contributed by atoms with Crippen molar-refractivity contribution < 1.29 is 9.47 Å². The van der Waals surface area contributed by atoms with Crippen LogP contribution in [-0.4, -0.2) is 45.8 Å². The molecule has 4 heteroatoms. The van der Waals surface area contributed by atoms with Gasteiger partial charge in [0.2, 0.25) is 0 Å². The molecule has 4 nitrogen and oxygen atoms in total. The summed E-state index contributed by atoms with van der Waals surface area (Å²) >= 11 is 0. The van der Waals surface area contributed by atoms with Crippen LogP contribution >= 0.6 is 0 Å². The van der Waals surface area contributed by atoms with Crippen molar-refractivity contribution in [3.05, 3.63) is 23.8 Å². The Hall–Kier alpha value is -1.26. The van der Waals surface area contributed by atoms with Gasteiger partial charge in [-0.1, -0.05) is 6.07 Å². The average Bonchev–Trinajstić information content (AvgIpc) is 2.47. The van der Waals surface area contributed by atoms with Gasteiger partial charge in [-0.25, -0.2) is 0 Å². The van der Waals surface area contributed by atoms with Crippen molar-refractivity contribution in [2.24, 2.45) is 5.92 Å². The lowest BCUT2D eigenvalue weighted by molar-refractivity contribution is 0.206. The lowest BCUT2D eigenvalue weighted by Crippen LogP contribution is -2.37. The summed E-state index contributed by atoms with van der Waals surface area (Å²) in [7, 11) is 5.54. The quantitative estimate of drug-likeness (QED) is 0.864. The monoisotopic (exact) mass is 278 g/mol. The van der Waals surface area contributed by atoms with Crippen LogP contribution in [-0.2, 0) is 6.54 Å². The third-order valence-electron chi connectivity index (χ3n) is 3.93. The second-order valence-corrected chi connectivity index (χ2v) is 5.59. The summed E-state index contributed by atoms with van der Waals surface area (Å²) in [5, 5.41) is 3.56. The second kappa shape index (κ2) is 7.50. The van der Waals surface area contributed by atoms with Crippen molar-refractivity contribution in [3.8, 4) is 11.5 Å². The molecule has 0 saturated carbocycles. The van der Waals surface area contributed by atoms with E-state index >= 15 is 0 Å². The first-order chi connectivity index (χ1) is 9.72. The number of likely N-dealkylation sites (tertiary alicyclic amines) is 1. The molecule has 1 N–H and O–H groups in total. The summed E-state index contributed by atoms with van der Waals surface area (Å²) in [5.74, 6) is 2.35. The average molecular weight is 278 g/mol. The van der Waals surface area contributed by atoms with Gasteiger partial charge in [0, 0.05) is 13.1 Å². The molecule has 1 aliphatic heterocycles. The van der Waals surface area contributed by atoms with Crippen LogP contribution in [0.2, 0.25) is 0 Å². The van der Waals surface area contributed by atoms with Gasteiger partial charge in [0.05, 0.1) is 14.2 Å². The zero-order valence-corrected chi connectivity index (χ0v) is 12.8. The Morgan fingerprint density at radius 3 is 2.75 bits per heavy atom. The number of nitrogens with zero attached hydrogens (tertiary/aromatic N) is 1. The maximum atomic E-state index is 5.33. The Morgan fingerprint density at radius 1 is 1.25 bits per heavy atom. The van der Waals surface area contributed by atoms with Crippen LogP contribution in [0.1, 0.15) is 18.4 Å². The molecular weight excluding hydrogens is 252 g/mol. The molecule has 0 bridgehead atoms. The summed E-state index contributed by atoms with van der Waals surface area (Å²) in [6, 6.07) is 6.09. The van der Waals surface area contributed by atoms with Crippen LogP contribution < -0.4 is 14.8 Å². The molecule has 2 rings (SSSR count). The van der Waals surface area contributed by atoms with Gasteiger partial charge in [0.15, 0.2) is 11.5 Å². The largest absolute Gasteiger partial charge is 0.493 e. The molecule has 1 atom stereocenters. The van der Waals surface area contributed by atoms with Gasteiger partial charge in [-0.05, 0) is 56.6 Å². The number of piperidine rings is 1. The minimum Gasteiger partial charge on any atom is -0.493 e. The van der Waals surface area contributed by atoms with Gasteiger partial charge in [0.25, 0.3) is 0 Å². The highest BCUT2D eigenvalue weighted by Crippen LogP contribution is 2.27. The van der Waals surface area contributed by atoms with E-state index in [1.165, 1.54) is 31.5 Å². The summed E-state index contributed by atoms with van der Waals surface area (Å²) in [6.07, 6.45) is 2.66. The molecule has 0 spiro atoms. The van der Waals surface area contributed by atoms with Crippen molar-refractivity contribution >= 4 is 0 Å². The van der Waals surface area contributed by atoms with Crippen molar-refractivity contribution in [2.75, 3.05) is 40.9 Å². The van der Waals surface area contributed by atoms with Crippen LogP contribution in [0.25, 0.3) is 0 Å². The van der Waals surface area contributed by atoms with E-state index in [1.807, 2.05) is 12.1 Å². The molecular formula is C16H26N2O2. The number of hydrogen-bond donors (Lipinski definition) is 1. The van der Waals surface area contributed by atoms with Gasteiger partial charge < -0.3 is 19.7 Å². The Labute approximate surface area is 122 Å². The number of rotatable bonds is 6. The number of ether oxygens (including phenoxy) is 2. The lowest BCUT2D eigenvalue weighted by Gasteiger charge is -2.29. The zero-order chi connectivity index (χ0) is 14.4. The molecule has 20 heavy (non-hydrogen) atoms. The summed E-state index contributed by atoms with van der Waals surface area (Å²) in [5.41, 5.74) is 1.23. The number of hydrogen-bond acceptors (Lipinski definition) is 4. The molecule has 1 fully saturated rings. The maximum absolute atomic E-state index is 5.33. The van der Waals surface area contributed by atoms with Crippen LogP contribution in [0, 0.1) is 5.92 Å². The molecule has 0 radical (unpaired) electrons. The first kappa shape index (κ1) is 15.1. The highest BCUT2D eigenvalue weighted by Gasteiger charge is 2.16. The normalized spacial score (nSPS) is 19.9. The van der Waals surface area contributed by atoms with Crippen LogP contribution in [0.15, 0.2) is 18.2 Å². The van der Waals surface area contributed by atoms with E-state index in [0.717, 1.165) is 30.5 Å². The van der Waals surface area contributed by atoms with Crippen LogP contribution in [0.3, 0.4) is 0 Å². The zero-order valence-electron chi connectivity index (χ0n) is 12.8. The Balaban J connectivity index is 1.81. The van der Waals surface area contributed by atoms with Gasteiger partial charge in [-0.2, -0.15) is 0 Å². The fraction of sp³-hybridized carbons (Fsp3) is 0.625. The molecule has 1 heterocycles. The van der Waals surface area contributed by atoms with Gasteiger partial charge >= 0.3 is 0 Å². The maximum Gasteiger partial charge on any atom is 0.161 e. The highest BCUT2D eigenvalue weighted by molar-refractivity contribution is 5.42. The minimum absolute atomic E-state index is 0.772. The fourth-order valence-corrected chi connectivity index (χ4v) is 2.85. The summed E-state index contributed by atoms with van der Waals surface area (Å²) in [6.45, 7) is 4.41. The molecule has 1 aromatic carbocycles. The third kappa shape index (κ3) is 4.12. The smallest absolute Gasteiger partial charge is 0.161 e. The van der Waals surface area contributed by atoms with Crippen molar-refractivity contribution in [3.63, 3.8) is 0 Å². The first-order valence-electron chi connectivity index (χ1n) is 7.33. The van der Waals surface area contributed by atoms with E-state index in [9.17, 15) is 0 Å². The molecule has 0 amide bonds. The molecule has 1 aromatic rings. The summed E-state index contributed by atoms with van der Waals surface area (Å²) in [4.78, 5) is 2.42. The van der Waals surface area contributed by atoms with Crippen molar-refractivity contribution in [1.82, 2.24) is 10.2 Å². The molecule has 0 aliphatic carbocycles. The number of nitrogens with one attached hydrogen (secondary N) is 1. The number of methoxy groups -OCH3 is 2. The first-order valence-corrected chi connectivity index (χ1v) is 7.33. The van der Waals surface area contributed by atoms with Crippen molar-refractivity contribution in [1.29, 1.82) is 0 Å². The number of benzene rings is 1. The minimum atomic E-state index is 0.772. The van der Waals surface area contributed by atoms with Gasteiger partial charge in [-0.15, -0.1) is 0 Å². The topological polar surface area (TPSA) is 33.7 Å². The highest BCUT2D eigenvalue weighted by atomic mass is 16.5. The summed E-state index contributed by atoms with van der Waals surface area (Å²) < 4.78 is 10.6. The standard InChI is InChI=1S/C16H26N2O2/c1-18-8-4-5-14(12-18)11-17-10-13-6-7-15(19-2)16(9-13)20-3/h6-7,9,14,17H,4-5,8,10-12H2,1-3H3. The predicted octanol–water partition coefficient (Wildman–Crippen LogP) is 2.14. The molecule has 0 aromatic heterocycles. The van der Waals surface area contributed by atoms with Gasteiger partial charge in [-0.3, -0.25) is 0 Å². The van der Waals surface area contributed by atoms with Crippen LogP contribution in [0.5, 0.6) is 11.5 Å². The van der Waals surface area contributed by atoms with Crippen molar-refractivity contribution in [2.45, 2.75) is 19.4 Å². The van der Waals surface area contributed by atoms with E-state index < -0.39 is 0 Å². The van der Waals surface area contributed by atoms with E-state index in [-0.39, 0.29) is 0 Å². The Bertz CT molecular complexity index is 423. The molecule has 112 valence electrons. The van der Waals surface area contributed by atoms with Crippen LogP contribution in [0.4, 0.5) is 0 Å². The van der Waals surface area contributed by atoms with E-state index in [2.05, 4.69) is 23.3 Å². The Kier molecular flexibility index (Phi) is 5.68. The predicted molar refractivity (Wildman–Crippen MR) is 81.5 cm³/mol. The molecule has 1 unspecified atom stereocenters.